The molecule has 26 heavy (non-hydrogen) atoms. The number of piperazine rings is 1. The Morgan fingerprint density at radius 3 is 2.08 bits per heavy atom. The zero-order chi connectivity index (χ0) is 17.8. The minimum absolute atomic E-state index is 0.116. The van der Waals surface area contributed by atoms with E-state index in [0.717, 1.165) is 50.3 Å². The van der Waals surface area contributed by atoms with E-state index in [1.54, 1.807) is 0 Å². The second-order valence-electron chi connectivity index (χ2n) is 6.97. The van der Waals surface area contributed by atoms with E-state index in [0.29, 0.717) is 0 Å². The van der Waals surface area contributed by atoms with Gasteiger partial charge in [-0.15, -0.1) is 0 Å². The summed E-state index contributed by atoms with van der Waals surface area (Å²) in [6.07, 6.45) is 1.92. The van der Waals surface area contributed by atoms with Crippen LogP contribution in [0, 0.1) is 0 Å². The standard InChI is InChI=1S/C22H25N3O/c26-17-20-6-2-1-5-18(20)15-24-11-13-25(14-12-24)16-19-9-10-23-22-8-4-3-7-21(19)22/h1-10,26H,11-17H2. The molecule has 1 fully saturated rings. The molecule has 0 amide bonds. The number of hydrogen-bond donors (Lipinski definition) is 1. The van der Waals surface area contributed by atoms with E-state index in [4.69, 9.17) is 0 Å². The minimum Gasteiger partial charge on any atom is -0.392 e. The summed E-state index contributed by atoms with van der Waals surface area (Å²) >= 11 is 0. The molecule has 4 rings (SSSR count). The van der Waals surface area contributed by atoms with Crippen LogP contribution in [0.4, 0.5) is 0 Å². The Bertz CT molecular complexity index is 867. The van der Waals surface area contributed by atoms with Crippen LogP contribution in [-0.2, 0) is 19.7 Å². The van der Waals surface area contributed by atoms with Crippen molar-refractivity contribution in [1.82, 2.24) is 14.8 Å². The Labute approximate surface area is 154 Å². The SMILES string of the molecule is OCc1ccccc1CN1CCN(Cc2ccnc3ccccc23)CC1. The second-order valence-corrected chi connectivity index (χ2v) is 6.97. The molecular formula is C22H25N3O. The molecule has 1 N–H and O–H groups in total. The van der Waals surface area contributed by atoms with Crippen molar-refractivity contribution in [2.75, 3.05) is 26.2 Å². The van der Waals surface area contributed by atoms with E-state index in [1.807, 2.05) is 24.4 Å². The molecule has 1 aromatic heterocycles. The molecule has 3 aromatic rings. The van der Waals surface area contributed by atoms with Crippen molar-refractivity contribution in [3.8, 4) is 0 Å². The molecule has 1 aliphatic rings. The van der Waals surface area contributed by atoms with Crippen LogP contribution in [0.25, 0.3) is 10.9 Å². The molecule has 0 saturated carbocycles. The van der Waals surface area contributed by atoms with Crippen molar-refractivity contribution in [3.63, 3.8) is 0 Å². The predicted octanol–water partition coefficient (Wildman–Crippen LogP) is 3.04. The maximum Gasteiger partial charge on any atom is 0.0705 e. The van der Waals surface area contributed by atoms with Crippen molar-refractivity contribution in [1.29, 1.82) is 0 Å². The van der Waals surface area contributed by atoms with E-state index in [2.05, 4.69) is 51.2 Å². The van der Waals surface area contributed by atoms with Crippen LogP contribution < -0.4 is 0 Å². The Balaban J connectivity index is 1.38. The van der Waals surface area contributed by atoms with Gasteiger partial charge in [-0.1, -0.05) is 42.5 Å². The van der Waals surface area contributed by atoms with Crippen molar-refractivity contribution >= 4 is 10.9 Å². The van der Waals surface area contributed by atoms with Crippen molar-refractivity contribution in [2.45, 2.75) is 19.7 Å². The van der Waals surface area contributed by atoms with Gasteiger partial charge in [-0.25, -0.2) is 0 Å². The Kier molecular flexibility index (Phi) is 5.25. The van der Waals surface area contributed by atoms with Gasteiger partial charge in [-0.3, -0.25) is 14.8 Å². The molecular weight excluding hydrogens is 322 g/mol. The summed E-state index contributed by atoms with van der Waals surface area (Å²) < 4.78 is 0. The van der Waals surface area contributed by atoms with Crippen LogP contribution in [0.1, 0.15) is 16.7 Å². The molecule has 0 unspecified atom stereocenters. The van der Waals surface area contributed by atoms with Crippen LogP contribution >= 0.6 is 0 Å². The molecule has 0 atom stereocenters. The molecule has 0 spiro atoms. The molecule has 0 aliphatic carbocycles. The molecule has 1 saturated heterocycles. The Hall–Kier alpha value is -2.27. The summed E-state index contributed by atoms with van der Waals surface area (Å²) in [5, 5.41) is 10.8. The summed E-state index contributed by atoms with van der Waals surface area (Å²) in [5.41, 5.74) is 4.71. The van der Waals surface area contributed by atoms with E-state index >= 15 is 0 Å². The van der Waals surface area contributed by atoms with Gasteiger partial charge in [0.1, 0.15) is 0 Å². The van der Waals surface area contributed by atoms with Gasteiger partial charge in [-0.2, -0.15) is 0 Å². The highest BCUT2D eigenvalue weighted by Crippen LogP contribution is 2.19. The molecule has 0 radical (unpaired) electrons. The fourth-order valence-corrected chi connectivity index (χ4v) is 3.75. The number of para-hydroxylation sites is 1. The van der Waals surface area contributed by atoms with Gasteiger partial charge in [0.25, 0.3) is 0 Å². The normalized spacial score (nSPS) is 16.2. The lowest BCUT2D eigenvalue weighted by atomic mass is 10.1. The van der Waals surface area contributed by atoms with E-state index in [-0.39, 0.29) is 6.61 Å². The van der Waals surface area contributed by atoms with Crippen molar-refractivity contribution < 1.29 is 5.11 Å². The molecule has 2 aromatic carbocycles. The van der Waals surface area contributed by atoms with Gasteiger partial charge in [0.2, 0.25) is 0 Å². The molecule has 4 nitrogen and oxygen atoms in total. The van der Waals surface area contributed by atoms with E-state index in [1.165, 1.54) is 16.5 Å². The zero-order valence-electron chi connectivity index (χ0n) is 15.0. The van der Waals surface area contributed by atoms with E-state index in [9.17, 15) is 5.11 Å². The number of nitrogens with zero attached hydrogens (tertiary/aromatic N) is 3. The lowest BCUT2D eigenvalue weighted by Gasteiger charge is -2.35. The van der Waals surface area contributed by atoms with Gasteiger partial charge >= 0.3 is 0 Å². The number of aliphatic hydroxyl groups excluding tert-OH is 1. The molecule has 1 aliphatic heterocycles. The minimum atomic E-state index is 0.116. The number of aliphatic hydroxyl groups is 1. The van der Waals surface area contributed by atoms with Gasteiger partial charge in [0, 0.05) is 50.9 Å². The van der Waals surface area contributed by atoms with Gasteiger partial charge in [-0.05, 0) is 28.8 Å². The number of rotatable bonds is 5. The molecule has 4 heteroatoms. The number of benzene rings is 2. The first-order valence-corrected chi connectivity index (χ1v) is 9.28. The molecule has 0 bridgehead atoms. The summed E-state index contributed by atoms with van der Waals surface area (Å²) in [4.78, 5) is 9.47. The van der Waals surface area contributed by atoms with Crippen molar-refractivity contribution in [3.05, 3.63) is 77.5 Å². The lowest BCUT2D eigenvalue weighted by molar-refractivity contribution is 0.121. The quantitative estimate of drug-likeness (QED) is 0.770. The van der Waals surface area contributed by atoms with Crippen LogP contribution in [0.5, 0.6) is 0 Å². The number of pyridine rings is 1. The highest BCUT2D eigenvalue weighted by atomic mass is 16.3. The van der Waals surface area contributed by atoms with E-state index < -0.39 is 0 Å². The fraction of sp³-hybridized carbons (Fsp3) is 0.318. The highest BCUT2D eigenvalue weighted by molar-refractivity contribution is 5.81. The Morgan fingerprint density at radius 2 is 1.35 bits per heavy atom. The fourth-order valence-electron chi connectivity index (χ4n) is 3.75. The first-order valence-electron chi connectivity index (χ1n) is 9.28. The monoisotopic (exact) mass is 347 g/mol. The third-order valence-corrected chi connectivity index (χ3v) is 5.28. The third kappa shape index (κ3) is 3.78. The van der Waals surface area contributed by atoms with Gasteiger partial charge in [0.15, 0.2) is 0 Å². The highest BCUT2D eigenvalue weighted by Gasteiger charge is 2.18. The van der Waals surface area contributed by atoms with Gasteiger partial charge < -0.3 is 5.11 Å². The number of fused-ring (bicyclic) bond motifs is 1. The third-order valence-electron chi connectivity index (χ3n) is 5.28. The number of hydrogen-bond acceptors (Lipinski definition) is 4. The van der Waals surface area contributed by atoms with Gasteiger partial charge in [0.05, 0.1) is 12.1 Å². The van der Waals surface area contributed by atoms with Crippen molar-refractivity contribution in [2.24, 2.45) is 0 Å². The van der Waals surface area contributed by atoms with Crippen LogP contribution in [0.3, 0.4) is 0 Å². The maximum atomic E-state index is 9.51. The second kappa shape index (κ2) is 7.96. The summed E-state index contributed by atoms with van der Waals surface area (Å²) in [5.74, 6) is 0. The summed E-state index contributed by atoms with van der Waals surface area (Å²) in [6.45, 7) is 6.26. The first-order chi connectivity index (χ1) is 12.8. The predicted molar refractivity (Wildman–Crippen MR) is 105 cm³/mol. The lowest BCUT2D eigenvalue weighted by Crippen LogP contribution is -2.45. The zero-order valence-corrected chi connectivity index (χ0v) is 15.0. The topological polar surface area (TPSA) is 39.6 Å². The molecule has 134 valence electrons. The summed E-state index contributed by atoms with van der Waals surface area (Å²) in [7, 11) is 0. The Morgan fingerprint density at radius 1 is 0.731 bits per heavy atom. The summed E-state index contributed by atoms with van der Waals surface area (Å²) in [6, 6.07) is 18.7. The average molecular weight is 347 g/mol. The number of aromatic nitrogens is 1. The smallest absolute Gasteiger partial charge is 0.0705 e. The maximum absolute atomic E-state index is 9.51. The van der Waals surface area contributed by atoms with Crippen LogP contribution in [0.2, 0.25) is 0 Å². The van der Waals surface area contributed by atoms with Crippen LogP contribution in [0.15, 0.2) is 60.8 Å². The molecule has 2 heterocycles. The average Bonchev–Trinajstić information content (AvgIpc) is 2.70. The first kappa shape index (κ1) is 17.2. The van der Waals surface area contributed by atoms with Crippen LogP contribution in [-0.4, -0.2) is 46.1 Å². The largest absolute Gasteiger partial charge is 0.392 e.